The van der Waals surface area contributed by atoms with Gasteiger partial charge in [0.2, 0.25) is 0 Å². The Morgan fingerprint density at radius 1 is 0.649 bits per heavy atom. The van der Waals surface area contributed by atoms with Crippen LogP contribution in [-0.4, -0.2) is 0 Å². The average Bonchev–Trinajstić information content (AvgIpc) is 2.88. The molecule has 0 aliphatic carbocycles. The third-order valence-electron chi connectivity index (χ3n) is 5.89. The number of hydrogen-bond donors (Lipinski definition) is 0. The summed E-state index contributed by atoms with van der Waals surface area (Å²) >= 11 is 0. The molecule has 4 aromatic rings. The van der Waals surface area contributed by atoms with E-state index in [1.807, 2.05) is 0 Å². The molecule has 0 unspecified atom stereocenters. The lowest BCUT2D eigenvalue weighted by Crippen LogP contribution is -1.94. The van der Waals surface area contributed by atoms with Gasteiger partial charge in [0.25, 0.3) is 0 Å². The first kappa shape index (κ1) is 25.8. The molecule has 0 saturated carbocycles. The minimum Gasteiger partial charge on any atom is -0.209 e. The van der Waals surface area contributed by atoms with Crippen LogP contribution >= 0.6 is 0 Å². The van der Waals surface area contributed by atoms with Gasteiger partial charge in [0, 0.05) is 23.1 Å². The van der Waals surface area contributed by atoms with E-state index in [-0.39, 0.29) is 34.2 Å². The quantitative estimate of drug-likeness (QED) is 0.239. The Morgan fingerprint density at radius 2 is 1.14 bits per heavy atom. The van der Waals surface area contributed by atoms with Crippen LogP contribution in [0.1, 0.15) is 30.9 Å². The highest BCUT2D eigenvalue weighted by molar-refractivity contribution is 5.75. The van der Waals surface area contributed by atoms with E-state index < -0.39 is 40.5 Å². The minimum atomic E-state index is -1.11. The van der Waals surface area contributed by atoms with Gasteiger partial charge in [-0.25, -0.2) is 26.3 Å². The molecule has 0 spiro atoms. The summed E-state index contributed by atoms with van der Waals surface area (Å²) in [5, 5.41) is 8.80. The van der Waals surface area contributed by atoms with Crippen LogP contribution in [0, 0.1) is 34.6 Å². The Bertz CT molecular complexity index is 1520. The molecule has 0 radical (unpaired) electrons. The molecule has 0 bridgehead atoms. The van der Waals surface area contributed by atoms with E-state index in [9.17, 15) is 26.3 Å². The van der Waals surface area contributed by atoms with Crippen molar-refractivity contribution >= 4 is 5.83 Å². The van der Waals surface area contributed by atoms with Crippen LogP contribution in [0.5, 0.6) is 0 Å². The first-order chi connectivity index (χ1) is 17.7. The van der Waals surface area contributed by atoms with Crippen molar-refractivity contribution in [2.75, 3.05) is 0 Å². The number of allylic oxidation sites excluding steroid dienone is 1. The Balaban J connectivity index is 1.62. The zero-order chi connectivity index (χ0) is 26.7. The molecule has 0 aliphatic heterocycles. The van der Waals surface area contributed by atoms with Crippen LogP contribution in [0.25, 0.3) is 39.2 Å². The lowest BCUT2D eigenvalue weighted by molar-refractivity contribution is 0.559. The lowest BCUT2D eigenvalue weighted by atomic mass is 9.96. The van der Waals surface area contributed by atoms with Crippen molar-refractivity contribution in [1.29, 1.82) is 5.26 Å². The summed E-state index contributed by atoms with van der Waals surface area (Å²) in [4.78, 5) is 0. The van der Waals surface area contributed by atoms with Crippen LogP contribution in [0.15, 0.2) is 78.6 Å². The summed E-state index contributed by atoms with van der Waals surface area (Å²) in [7, 11) is 0. The van der Waals surface area contributed by atoms with Crippen LogP contribution < -0.4 is 0 Å². The monoisotopic (exact) mass is 507 g/mol. The van der Waals surface area contributed by atoms with E-state index in [0.29, 0.717) is 17.5 Å². The SMILES string of the molecule is CCCC(F)=C(F)c1ccc(-c2ccc(-c3ccc(-c4cc(F)c(C#N)c(F)c4)c(F)c3)c(F)c2)cc1. The fraction of sp³-hybridized carbons (Fsp3) is 0.100. The second-order valence-electron chi connectivity index (χ2n) is 8.36. The molecule has 0 heterocycles. The predicted molar refractivity (Wildman–Crippen MR) is 131 cm³/mol. The molecule has 7 heteroatoms. The van der Waals surface area contributed by atoms with Crippen LogP contribution in [-0.2, 0) is 0 Å². The van der Waals surface area contributed by atoms with Gasteiger partial charge in [0.05, 0.1) is 0 Å². The fourth-order valence-electron chi connectivity index (χ4n) is 3.98. The van der Waals surface area contributed by atoms with Crippen molar-refractivity contribution in [2.24, 2.45) is 0 Å². The Kier molecular flexibility index (Phi) is 7.49. The average molecular weight is 507 g/mol. The van der Waals surface area contributed by atoms with Gasteiger partial charge in [-0.15, -0.1) is 0 Å². The smallest absolute Gasteiger partial charge is 0.161 e. The standard InChI is InChI=1S/C30H19F6N/c1-2-3-25(31)30(36)18-6-4-17(5-7-18)19-8-10-22(26(32)12-19)20-9-11-23(27(33)13-20)21-14-28(34)24(16-37)29(35)15-21/h4-15H,2-3H2,1H3. The maximum absolute atomic E-state index is 15.0. The van der Waals surface area contributed by atoms with Gasteiger partial charge in [0.15, 0.2) is 5.83 Å². The van der Waals surface area contributed by atoms with E-state index >= 15 is 0 Å². The van der Waals surface area contributed by atoms with E-state index in [1.54, 1.807) is 25.1 Å². The van der Waals surface area contributed by atoms with Crippen molar-refractivity contribution in [1.82, 2.24) is 0 Å². The highest BCUT2D eigenvalue weighted by Gasteiger charge is 2.16. The summed E-state index contributed by atoms with van der Waals surface area (Å²) in [6.45, 7) is 1.74. The molecule has 4 aromatic carbocycles. The van der Waals surface area contributed by atoms with Crippen molar-refractivity contribution < 1.29 is 26.3 Å². The van der Waals surface area contributed by atoms with Gasteiger partial charge in [-0.05, 0) is 52.9 Å². The molecule has 0 aromatic heterocycles. The molecule has 4 rings (SSSR count). The van der Waals surface area contributed by atoms with E-state index in [2.05, 4.69) is 0 Å². The molecule has 37 heavy (non-hydrogen) atoms. The van der Waals surface area contributed by atoms with E-state index in [1.165, 1.54) is 42.5 Å². The maximum Gasteiger partial charge on any atom is 0.161 e. The third kappa shape index (κ3) is 5.29. The van der Waals surface area contributed by atoms with Crippen molar-refractivity contribution in [3.8, 4) is 39.4 Å². The normalized spacial score (nSPS) is 11.7. The van der Waals surface area contributed by atoms with E-state index in [0.717, 1.165) is 18.2 Å². The highest BCUT2D eigenvalue weighted by Crippen LogP contribution is 2.33. The van der Waals surface area contributed by atoms with Gasteiger partial charge in [0.1, 0.15) is 40.7 Å². The van der Waals surface area contributed by atoms with Crippen molar-refractivity contribution in [3.05, 3.63) is 113 Å². The molecule has 0 N–H and O–H groups in total. The summed E-state index contributed by atoms with van der Waals surface area (Å²) in [6, 6.07) is 17.1. The molecule has 186 valence electrons. The zero-order valence-corrected chi connectivity index (χ0v) is 19.6. The number of benzene rings is 4. The topological polar surface area (TPSA) is 23.8 Å². The zero-order valence-electron chi connectivity index (χ0n) is 19.6. The van der Waals surface area contributed by atoms with Crippen LogP contribution in [0.3, 0.4) is 0 Å². The van der Waals surface area contributed by atoms with Gasteiger partial charge in [-0.1, -0.05) is 55.5 Å². The minimum absolute atomic E-state index is 0.00306. The van der Waals surface area contributed by atoms with Crippen molar-refractivity contribution in [2.45, 2.75) is 19.8 Å². The number of hydrogen-bond acceptors (Lipinski definition) is 1. The molecule has 0 fully saturated rings. The number of halogens is 6. The Hall–Kier alpha value is -4.31. The summed E-state index contributed by atoms with van der Waals surface area (Å²) in [5.74, 6) is -5.44. The Labute approximate surface area is 209 Å². The highest BCUT2D eigenvalue weighted by atomic mass is 19.2. The van der Waals surface area contributed by atoms with Crippen LogP contribution in [0.2, 0.25) is 0 Å². The molecular weight excluding hydrogens is 488 g/mol. The van der Waals surface area contributed by atoms with Crippen LogP contribution in [0.4, 0.5) is 26.3 Å². The van der Waals surface area contributed by atoms with E-state index in [4.69, 9.17) is 5.26 Å². The second kappa shape index (κ2) is 10.8. The molecule has 0 atom stereocenters. The Morgan fingerprint density at radius 3 is 1.68 bits per heavy atom. The van der Waals surface area contributed by atoms with Gasteiger partial charge >= 0.3 is 0 Å². The van der Waals surface area contributed by atoms with Gasteiger partial charge < -0.3 is 0 Å². The fourth-order valence-corrected chi connectivity index (χ4v) is 3.98. The largest absolute Gasteiger partial charge is 0.209 e. The molecule has 1 nitrogen and oxygen atoms in total. The number of rotatable bonds is 6. The van der Waals surface area contributed by atoms with Gasteiger partial charge in [-0.2, -0.15) is 5.26 Å². The van der Waals surface area contributed by atoms with Crippen molar-refractivity contribution in [3.63, 3.8) is 0 Å². The number of nitriles is 1. The summed E-state index contributed by atoms with van der Waals surface area (Å²) < 4.78 is 85.7. The molecule has 0 aliphatic rings. The first-order valence-corrected chi connectivity index (χ1v) is 11.4. The molecular formula is C30H19F6N. The lowest BCUT2D eigenvalue weighted by Gasteiger charge is -2.10. The predicted octanol–water partition coefficient (Wildman–Crippen LogP) is 9.52. The summed E-state index contributed by atoms with van der Waals surface area (Å²) in [5.41, 5.74) is 0.466. The second-order valence-corrected chi connectivity index (χ2v) is 8.36. The first-order valence-electron chi connectivity index (χ1n) is 11.4. The molecule has 0 saturated heterocycles. The molecule has 0 amide bonds. The maximum atomic E-state index is 15.0. The summed E-state index contributed by atoms with van der Waals surface area (Å²) in [6.07, 6.45) is 0.477. The van der Waals surface area contributed by atoms with Gasteiger partial charge in [-0.3, -0.25) is 0 Å². The third-order valence-corrected chi connectivity index (χ3v) is 5.89. The number of nitrogens with zero attached hydrogens (tertiary/aromatic N) is 1.